The van der Waals surface area contributed by atoms with Crippen LogP contribution in [0.1, 0.15) is 18.2 Å². The minimum absolute atomic E-state index is 0.258. The van der Waals surface area contributed by atoms with Crippen molar-refractivity contribution in [3.63, 3.8) is 0 Å². The lowest BCUT2D eigenvalue weighted by molar-refractivity contribution is 0.313. The van der Waals surface area contributed by atoms with Crippen molar-refractivity contribution in [2.75, 3.05) is 13.1 Å². The van der Waals surface area contributed by atoms with E-state index in [9.17, 15) is 4.39 Å². The van der Waals surface area contributed by atoms with E-state index in [4.69, 9.17) is 9.97 Å². The lowest BCUT2D eigenvalue weighted by atomic mass is 10.1. The largest absolute Gasteiger partial charge is 0.324 e. The van der Waals surface area contributed by atoms with Gasteiger partial charge in [0, 0.05) is 49.8 Å². The number of fused-ring (bicyclic) bond motifs is 1. The van der Waals surface area contributed by atoms with Gasteiger partial charge in [-0.05, 0) is 48.9 Å². The number of pyridine rings is 1. The van der Waals surface area contributed by atoms with Crippen molar-refractivity contribution in [2.24, 2.45) is 0 Å². The molecule has 0 saturated carbocycles. The number of rotatable bonds is 5. The third-order valence-corrected chi connectivity index (χ3v) is 6.18. The molecular formula is C25H22FN7. The van der Waals surface area contributed by atoms with Crippen molar-refractivity contribution in [3.8, 4) is 22.6 Å². The molecule has 1 fully saturated rings. The van der Waals surface area contributed by atoms with Gasteiger partial charge in [-0.2, -0.15) is 0 Å². The van der Waals surface area contributed by atoms with Crippen LogP contribution < -0.4 is 0 Å². The normalized spacial score (nSPS) is 16.6. The zero-order valence-corrected chi connectivity index (χ0v) is 17.9. The van der Waals surface area contributed by atoms with E-state index in [1.54, 1.807) is 24.7 Å². The Morgan fingerprint density at radius 1 is 1.03 bits per heavy atom. The van der Waals surface area contributed by atoms with E-state index in [0.29, 0.717) is 0 Å². The molecule has 8 heteroatoms. The van der Waals surface area contributed by atoms with Crippen molar-refractivity contribution in [2.45, 2.75) is 19.0 Å². The summed E-state index contributed by atoms with van der Waals surface area (Å²) in [7, 11) is 0. The van der Waals surface area contributed by atoms with Gasteiger partial charge >= 0.3 is 0 Å². The van der Waals surface area contributed by atoms with Crippen molar-refractivity contribution in [3.05, 3.63) is 91.3 Å². The molecule has 164 valence electrons. The summed E-state index contributed by atoms with van der Waals surface area (Å²) in [6, 6.07) is 14.6. The molecule has 1 aliphatic heterocycles. The van der Waals surface area contributed by atoms with Crippen LogP contribution in [0.4, 0.5) is 4.39 Å². The number of hydrogen-bond donors (Lipinski definition) is 0. The molecule has 0 amide bonds. The quantitative estimate of drug-likeness (QED) is 0.410. The molecule has 33 heavy (non-hydrogen) atoms. The Kier molecular flexibility index (Phi) is 4.92. The first-order chi connectivity index (χ1) is 16.2. The average molecular weight is 439 g/mol. The third kappa shape index (κ3) is 3.78. The molecule has 0 spiro atoms. The van der Waals surface area contributed by atoms with Crippen LogP contribution in [-0.2, 0) is 6.54 Å². The molecule has 0 aliphatic carbocycles. The van der Waals surface area contributed by atoms with E-state index in [0.717, 1.165) is 60.0 Å². The third-order valence-electron chi connectivity index (χ3n) is 6.18. The SMILES string of the molecule is Fc1ccc(-c2ncn(C3CCN(Cc4cn5ccccc5n4)C3)c2-c2ccncn2)cc1. The molecule has 1 aromatic carbocycles. The Morgan fingerprint density at radius 2 is 1.94 bits per heavy atom. The maximum atomic E-state index is 13.5. The highest BCUT2D eigenvalue weighted by Crippen LogP contribution is 2.35. The summed E-state index contributed by atoms with van der Waals surface area (Å²) < 4.78 is 17.8. The molecule has 5 aromatic rings. The molecule has 1 unspecified atom stereocenters. The molecule has 1 saturated heterocycles. The van der Waals surface area contributed by atoms with E-state index in [-0.39, 0.29) is 11.9 Å². The molecule has 5 heterocycles. The maximum absolute atomic E-state index is 13.5. The van der Waals surface area contributed by atoms with Gasteiger partial charge in [0.2, 0.25) is 0 Å². The molecule has 1 aliphatic rings. The van der Waals surface area contributed by atoms with Crippen LogP contribution in [0.5, 0.6) is 0 Å². The number of nitrogens with zero attached hydrogens (tertiary/aromatic N) is 7. The van der Waals surface area contributed by atoms with Crippen molar-refractivity contribution >= 4 is 5.65 Å². The Bertz CT molecular complexity index is 1360. The minimum atomic E-state index is -0.264. The first kappa shape index (κ1) is 19.8. The van der Waals surface area contributed by atoms with Crippen LogP contribution in [0, 0.1) is 5.82 Å². The van der Waals surface area contributed by atoms with Crippen LogP contribution in [0.15, 0.2) is 79.8 Å². The standard InChI is InChI=1S/C25H22FN7/c26-19-6-4-18(5-7-19)24-25(22-8-10-27-16-28-22)33(17-29-24)21-9-12-31(15-21)13-20-14-32-11-2-1-3-23(32)30-20/h1-8,10-11,14,16-17,21H,9,12-13,15H2. The number of imidazole rings is 2. The highest BCUT2D eigenvalue weighted by Gasteiger charge is 2.28. The maximum Gasteiger partial charge on any atom is 0.137 e. The highest BCUT2D eigenvalue weighted by molar-refractivity contribution is 5.76. The summed E-state index contributed by atoms with van der Waals surface area (Å²) in [5.41, 5.74) is 5.43. The molecule has 0 bridgehead atoms. The van der Waals surface area contributed by atoms with Crippen molar-refractivity contribution < 1.29 is 4.39 Å². The van der Waals surface area contributed by atoms with Gasteiger partial charge in [-0.1, -0.05) is 6.07 Å². The van der Waals surface area contributed by atoms with Crippen LogP contribution >= 0.6 is 0 Å². The Labute approximate surface area is 190 Å². The average Bonchev–Trinajstić information content (AvgIpc) is 3.58. The summed E-state index contributed by atoms with van der Waals surface area (Å²) in [5.74, 6) is -0.264. The molecule has 0 N–H and O–H groups in total. The number of aromatic nitrogens is 6. The highest BCUT2D eigenvalue weighted by atomic mass is 19.1. The first-order valence-corrected chi connectivity index (χ1v) is 11.0. The summed E-state index contributed by atoms with van der Waals surface area (Å²) >= 11 is 0. The summed E-state index contributed by atoms with van der Waals surface area (Å²) in [6.07, 6.45) is 10.3. The monoisotopic (exact) mass is 439 g/mol. The van der Waals surface area contributed by atoms with Gasteiger partial charge in [0.1, 0.15) is 17.8 Å². The van der Waals surface area contributed by atoms with Gasteiger partial charge in [-0.15, -0.1) is 0 Å². The number of likely N-dealkylation sites (tertiary alicyclic amines) is 1. The van der Waals surface area contributed by atoms with Crippen molar-refractivity contribution in [1.29, 1.82) is 0 Å². The molecule has 0 radical (unpaired) electrons. The predicted octanol–water partition coefficient (Wildman–Crippen LogP) is 4.24. The van der Waals surface area contributed by atoms with E-state index in [1.807, 2.05) is 36.8 Å². The second-order valence-electron chi connectivity index (χ2n) is 8.33. The zero-order chi connectivity index (χ0) is 22.2. The van der Waals surface area contributed by atoms with Crippen LogP contribution in [0.3, 0.4) is 0 Å². The fourth-order valence-corrected chi connectivity index (χ4v) is 4.62. The van der Waals surface area contributed by atoms with Crippen LogP contribution in [0.25, 0.3) is 28.3 Å². The van der Waals surface area contributed by atoms with Crippen LogP contribution in [0.2, 0.25) is 0 Å². The predicted molar refractivity (Wildman–Crippen MR) is 123 cm³/mol. The lowest BCUT2D eigenvalue weighted by Gasteiger charge is -2.18. The number of hydrogen-bond acceptors (Lipinski definition) is 5. The summed E-state index contributed by atoms with van der Waals surface area (Å²) in [5, 5.41) is 0. The lowest BCUT2D eigenvalue weighted by Crippen LogP contribution is -2.21. The number of halogens is 1. The van der Waals surface area contributed by atoms with E-state index >= 15 is 0 Å². The van der Waals surface area contributed by atoms with Crippen LogP contribution in [-0.4, -0.2) is 46.9 Å². The Hall–Kier alpha value is -3.91. The molecule has 6 rings (SSSR count). The first-order valence-electron chi connectivity index (χ1n) is 11.0. The van der Waals surface area contributed by atoms with E-state index in [2.05, 4.69) is 30.0 Å². The van der Waals surface area contributed by atoms with Gasteiger partial charge in [-0.25, -0.2) is 24.3 Å². The second kappa shape index (κ2) is 8.22. The Morgan fingerprint density at radius 3 is 2.76 bits per heavy atom. The van der Waals surface area contributed by atoms with E-state index < -0.39 is 0 Å². The summed E-state index contributed by atoms with van der Waals surface area (Å²) in [4.78, 5) is 20.5. The van der Waals surface area contributed by atoms with Crippen molar-refractivity contribution in [1.82, 2.24) is 33.8 Å². The smallest absolute Gasteiger partial charge is 0.137 e. The zero-order valence-electron chi connectivity index (χ0n) is 17.9. The molecule has 1 atom stereocenters. The van der Waals surface area contributed by atoms with Gasteiger partial charge in [-0.3, -0.25) is 4.90 Å². The molecule has 4 aromatic heterocycles. The van der Waals surface area contributed by atoms with Gasteiger partial charge in [0.15, 0.2) is 0 Å². The minimum Gasteiger partial charge on any atom is -0.324 e. The second-order valence-corrected chi connectivity index (χ2v) is 8.33. The van der Waals surface area contributed by atoms with Gasteiger partial charge in [0.25, 0.3) is 0 Å². The number of benzene rings is 1. The Balaban J connectivity index is 1.30. The van der Waals surface area contributed by atoms with Gasteiger partial charge < -0.3 is 8.97 Å². The summed E-state index contributed by atoms with van der Waals surface area (Å²) in [6.45, 7) is 2.68. The van der Waals surface area contributed by atoms with E-state index in [1.165, 1.54) is 12.1 Å². The fourth-order valence-electron chi connectivity index (χ4n) is 4.62. The fraction of sp³-hybridized carbons (Fsp3) is 0.200. The molecular weight excluding hydrogens is 417 g/mol. The van der Waals surface area contributed by atoms with Gasteiger partial charge in [0.05, 0.1) is 29.1 Å². The topological polar surface area (TPSA) is 64.1 Å². The molecule has 7 nitrogen and oxygen atoms in total.